The summed E-state index contributed by atoms with van der Waals surface area (Å²) in [6.45, 7) is 7.50. The summed E-state index contributed by atoms with van der Waals surface area (Å²) in [5, 5.41) is 14.8. The molecule has 0 saturated carbocycles. The van der Waals surface area contributed by atoms with Gasteiger partial charge in [-0.3, -0.25) is 9.69 Å². The lowest BCUT2D eigenvalue weighted by Crippen LogP contribution is -2.56. The molecule has 7 nitrogen and oxygen atoms in total. The molecule has 0 radical (unpaired) electrons. The Hall–Kier alpha value is -2.19. The van der Waals surface area contributed by atoms with Gasteiger partial charge in [-0.05, 0) is 31.5 Å². The molecule has 2 unspecified atom stereocenters. The summed E-state index contributed by atoms with van der Waals surface area (Å²) in [6.07, 6.45) is 0.468. The lowest BCUT2D eigenvalue weighted by molar-refractivity contribution is -0.114. The van der Waals surface area contributed by atoms with Gasteiger partial charge in [0.05, 0.1) is 11.8 Å². The maximum atomic E-state index is 13.7. The number of halogens is 1. The summed E-state index contributed by atoms with van der Waals surface area (Å²) < 4.78 is 13.7. The number of piperazine rings is 1. The van der Waals surface area contributed by atoms with Gasteiger partial charge in [0, 0.05) is 44.8 Å². The predicted octanol–water partition coefficient (Wildman–Crippen LogP) is 2.09. The van der Waals surface area contributed by atoms with E-state index in [1.54, 1.807) is 11.8 Å². The summed E-state index contributed by atoms with van der Waals surface area (Å²) >= 11 is 0. The normalized spacial score (nSPS) is 19.1. The van der Waals surface area contributed by atoms with Crippen molar-refractivity contribution in [2.24, 2.45) is 0 Å². The van der Waals surface area contributed by atoms with Crippen LogP contribution in [-0.4, -0.2) is 65.2 Å². The number of aliphatic hydroxyl groups is 1. The number of anilines is 2. The number of nitrogens with one attached hydrogen (secondary N) is 2. The molecule has 1 fully saturated rings. The molecule has 8 heteroatoms. The number of hydrogen-bond acceptors (Lipinski definition) is 4. The van der Waals surface area contributed by atoms with E-state index in [0.717, 1.165) is 6.42 Å². The average Bonchev–Trinajstić information content (AvgIpc) is 2.57. The standard InChI is InChI=1S/C18H27FN4O3/c1-4-15-11-23(8-7-22(15)10-12(2)24)18(26)21-14-5-6-16(19)17(9-14)20-13(3)25/h5-6,9,12,15,24H,4,7-8,10-11H2,1-3H3,(H,20,25)(H,21,26). The van der Waals surface area contributed by atoms with Gasteiger partial charge < -0.3 is 20.6 Å². The smallest absolute Gasteiger partial charge is 0.321 e. The number of carbonyl (C=O) groups excluding carboxylic acids is 2. The van der Waals surface area contributed by atoms with Gasteiger partial charge in [-0.1, -0.05) is 6.92 Å². The van der Waals surface area contributed by atoms with Gasteiger partial charge in [0.1, 0.15) is 5.82 Å². The molecule has 3 amide bonds. The van der Waals surface area contributed by atoms with Crippen molar-refractivity contribution in [1.29, 1.82) is 0 Å². The predicted molar refractivity (Wildman–Crippen MR) is 98.6 cm³/mol. The topological polar surface area (TPSA) is 84.9 Å². The van der Waals surface area contributed by atoms with Crippen LogP contribution in [0.2, 0.25) is 0 Å². The van der Waals surface area contributed by atoms with Crippen molar-refractivity contribution in [2.75, 3.05) is 36.8 Å². The molecule has 0 aromatic heterocycles. The number of hydrogen-bond donors (Lipinski definition) is 3. The summed E-state index contributed by atoms with van der Waals surface area (Å²) in [4.78, 5) is 27.6. The SMILES string of the molecule is CCC1CN(C(=O)Nc2ccc(F)c(NC(C)=O)c2)CCN1CC(C)O. The Morgan fingerprint density at radius 3 is 2.69 bits per heavy atom. The zero-order valence-electron chi connectivity index (χ0n) is 15.5. The highest BCUT2D eigenvalue weighted by molar-refractivity contribution is 5.92. The first-order valence-electron chi connectivity index (χ1n) is 8.85. The van der Waals surface area contributed by atoms with Gasteiger partial charge in [0.25, 0.3) is 0 Å². The Bertz CT molecular complexity index is 653. The fourth-order valence-electron chi connectivity index (χ4n) is 3.14. The number of carbonyl (C=O) groups is 2. The number of benzene rings is 1. The summed E-state index contributed by atoms with van der Waals surface area (Å²) in [5.74, 6) is -0.941. The minimum atomic E-state index is -0.559. The number of urea groups is 1. The summed E-state index contributed by atoms with van der Waals surface area (Å²) in [6, 6.07) is 3.98. The minimum Gasteiger partial charge on any atom is -0.392 e. The molecule has 1 aromatic rings. The largest absolute Gasteiger partial charge is 0.392 e. The van der Waals surface area contributed by atoms with Gasteiger partial charge in [0.2, 0.25) is 5.91 Å². The van der Waals surface area contributed by atoms with E-state index in [0.29, 0.717) is 31.9 Å². The van der Waals surface area contributed by atoms with Crippen molar-refractivity contribution in [2.45, 2.75) is 39.3 Å². The second-order valence-corrected chi connectivity index (χ2v) is 6.66. The van der Waals surface area contributed by atoms with Crippen molar-refractivity contribution in [3.63, 3.8) is 0 Å². The van der Waals surface area contributed by atoms with Gasteiger partial charge in [-0.15, -0.1) is 0 Å². The van der Waals surface area contributed by atoms with E-state index in [-0.39, 0.29) is 23.7 Å². The average molecular weight is 366 g/mol. The van der Waals surface area contributed by atoms with E-state index < -0.39 is 11.9 Å². The first-order valence-corrected chi connectivity index (χ1v) is 8.85. The van der Waals surface area contributed by atoms with Gasteiger partial charge in [0.15, 0.2) is 0 Å². The van der Waals surface area contributed by atoms with E-state index >= 15 is 0 Å². The molecular formula is C18H27FN4O3. The molecule has 26 heavy (non-hydrogen) atoms. The molecule has 0 aliphatic carbocycles. The van der Waals surface area contributed by atoms with Crippen LogP contribution in [-0.2, 0) is 4.79 Å². The molecule has 2 rings (SSSR count). The number of β-amino-alcohol motifs (C(OH)–C–C–N with tert-alkyl or cyclic N) is 1. The third kappa shape index (κ3) is 5.40. The van der Waals surface area contributed by atoms with E-state index in [1.165, 1.54) is 25.1 Å². The molecule has 1 heterocycles. The Kier molecular flexibility index (Phi) is 6.93. The first kappa shape index (κ1) is 20.1. The van der Waals surface area contributed by atoms with Crippen molar-refractivity contribution in [3.05, 3.63) is 24.0 Å². The second-order valence-electron chi connectivity index (χ2n) is 6.66. The van der Waals surface area contributed by atoms with E-state index in [4.69, 9.17) is 0 Å². The highest BCUT2D eigenvalue weighted by Gasteiger charge is 2.29. The van der Waals surface area contributed by atoms with Crippen LogP contribution in [0.5, 0.6) is 0 Å². The van der Waals surface area contributed by atoms with Crippen molar-refractivity contribution >= 4 is 23.3 Å². The third-order valence-corrected chi connectivity index (χ3v) is 4.39. The van der Waals surface area contributed by atoms with Crippen LogP contribution in [0.15, 0.2) is 18.2 Å². The lowest BCUT2D eigenvalue weighted by atomic mass is 10.1. The molecule has 2 atom stereocenters. The molecule has 3 N–H and O–H groups in total. The van der Waals surface area contributed by atoms with Crippen molar-refractivity contribution in [1.82, 2.24) is 9.80 Å². The molecule has 1 aliphatic heterocycles. The Balaban J connectivity index is 2.01. The van der Waals surface area contributed by atoms with E-state index in [2.05, 4.69) is 22.5 Å². The van der Waals surface area contributed by atoms with Crippen molar-refractivity contribution < 1.29 is 19.1 Å². The van der Waals surface area contributed by atoms with Crippen LogP contribution in [0, 0.1) is 5.82 Å². The number of aliphatic hydroxyl groups excluding tert-OH is 1. The van der Waals surface area contributed by atoms with Crippen LogP contribution in [0.1, 0.15) is 27.2 Å². The Morgan fingerprint density at radius 2 is 2.08 bits per heavy atom. The van der Waals surface area contributed by atoms with Crippen LogP contribution in [0.4, 0.5) is 20.6 Å². The van der Waals surface area contributed by atoms with Crippen LogP contribution < -0.4 is 10.6 Å². The molecule has 1 aromatic carbocycles. The summed E-state index contributed by atoms with van der Waals surface area (Å²) in [7, 11) is 0. The van der Waals surface area contributed by atoms with Gasteiger partial charge in [-0.2, -0.15) is 0 Å². The van der Waals surface area contributed by atoms with Crippen molar-refractivity contribution in [3.8, 4) is 0 Å². The van der Waals surface area contributed by atoms with Gasteiger partial charge in [-0.25, -0.2) is 9.18 Å². The highest BCUT2D eigenvalue weighted by atomic mass is 19.1. The van der Waals surface area contributed by atoms with Crippen LogP contribution in [0.25, 0.3) is 0 Å². The van der Waals surface area contributed by atoms with Crippen LogP contribution in [0.3, 0.4) is 0 Å². The third-order valence-electron chi connectivity index (χ3n) is 4.39. The maximum absolute atomic E-state index is 13.7. The Labute approximate surface area is 153 Å². The number of amides is 3. The first-order chi connectivity index (χ1) is 12.3. The zero-order chi connectivity index (χ0) is 19.3. The fraction of sp³-hybridized carbons (Fsp3) is 0.556. The van der Waals surface area contributed by atoms with Gasteiger partial charge >= 0.3 is 6.03 Å². The molecule has 0 spiro atoms. The quantitative estimate of drug-likeness (QED) is 0.745. The second kappa shape index (κ2) is 8.95. The van der Waals surface area contributed by atoms with E-state index in [1.807, 2.05) is 0 Å². The maximum Gasteiger partial charge on any atom is 0.321 e. The summed E-state index contributed by atoms with van der Waals surface area (Å²) in [5.41, 5.74) is 0.447. The molecule has 1 saturated heterocycles. The zero-order valence-corrected chi connectivity index (χ0v) is 15.5. The fourth-order valence-corrected chi connectivity index (χ4v) is 3.14. The number of nitrogens with zero attached hydrogens (tertiary/aromatic N) is 2. The lowest BCUT2D eigenvalue weighted by Gasteiger charge is -2.41. The highest BCUT2D eigenvalue weighted by Crippen LogP contribution is 2.21. The minimum absolute atomic E-state index is 0.0310. The Morgan fingerprint density at radius 1 is 1.35 bits per heavy atom. The molecule has 0 bridgehead atoms. The molecule has 1 aliphatic rings. The molecular weight excluding hydrogens is 339 g/mol. The van der Waals surface area contributed by atoms with E-state index in [9.17, 15) is 19.1 Å². The van der Waals surface area contributed by atoms with Crippen LogP contribution >= 0.6 is 0 Å². The monoisotopic (exact) mass is 366 g/mol. The molecule has 144 valence electrons. The number of rotatable bonds is 5.